The predicted molar refractivity (Wildman–Crippen MR) is 113 cm³/mol. The zero-order valence-electron chi connectivity index (χ0n) is 19.4. The van der Waals surface area contributed by atoms with E-state index in [1.807, 2.05) is 20.8 Å². The van der Waals surface area contributed by atoms with Crippen LogP contribution in [0.5, 0.6) is 0 Å². The summed E-state index contributed by atoms with van der Waals surface area (Å²) < 4.78 is 40.1. The topological polar surface area (TPSA) is 59.1 Å². The Morgan fingerprint density at radius 2 is 1.39 bits per heavy atom. The lowest BCUT2D eigenvalue weighted by molar-refractivity contribution is -0.158. The third-order valence-corrected chi connectivity index (χ3v) is 7.60. The molecule has 178 valence electrons. The number of nitrogens with zero attached hydrogens (tertiary/aromatic N) is 2. The predicted octanol–water partition coefficient (Wildman–Crippen LogP) is 2.99. The van der Waals surface area contributed by atoms with E-state index in [0.717, 1.165) is 0 Å². The second-order valence-corrected chi connectivity index (χ2v) is 9.83. The highest BCUT2D eigenvalue weighted by atomic mass is 19.1. The number of alkyl halides is 2. The van der Waals surface area contributed by atoms with Gasteiger partial charge in [0.25, 0.3) is 0 Å². The largest absolute Gasteiger partial charge is 0.381 e. The molecule has 1 heterocycles. The van der Waals surface area contributed by atoms with E-state index in [2.05, 4.69) is 0 Å². The molecule has 0 bridgehead atoms. The molecule has 7 unspecified atom stereocenters. The Morgan fingerprint density at radius 1 is 0.806 bits per heavy atom. The van der Waals surface area contributed by atoms with E-state index in [1.165, 1.54) is 0 Å². The number of piperazine rings is 1. The van der Waals surface area contributed by atoms with Crippen molar-refractivity contribution in [2.75, 3.05) is 27.3 Å². The van der Waals surface area contributed by atoms with Crippen LogP contribution in [0.4, 0.5) is 8.78 Å². The first-order valence-corrected chi connectivity index (χ1v) is 11.6. The summed E-state index contributed by atoms with van der Waals surface area (Å²) >= 11 is 0. The number of halogens is 2. The van der Waals surface area contributed by atoms with Crippen molar-refractivity contribution in [1.29, 1.82) is 0 Å². The van der Waals surface area contributed by atoms with Crippen molar-refractivity contribution in [3.8, 4) is 0 Å². The standard InChI is InChI=1S/C23H38F2N2O4/c1-13-8-17(31-5)10-20(25)21(13)23(29)27-14(2)11-26(12-15(27)3)22(28)18-7-6-16(30-4)9-19(18)24/h13-21H,6-12H2,1-5H3/t13?,14-,15-,16?,17?,18?,19?,20?,21?/m1/s1. The van der Waals surface area contributed by atoms with Crippen LogP contribution in [0.15, 0.2) is 0 Å². The first-order valence-electron chi connectivity index (χ1n) is 11.6. The smallest absolute Gasteiger partial charge is 0.229 e. The van der Waals surface area contributed by atoms with Crippen LogP contribution in [0.25, 0.3) is 0 Å². The van der Waals surface area contributed by atoms with Crippen LogP contribution in [0.2, 0.25) is 0 Å². The van der Waals surface area contributed by atoms with Gasteiger partial charge in [-0.15, -0.1) is 0 Å². The van der Waals surface area contributed by atoms with Crippen LogP contribution in [-0.4, -0.2) is 85.6 Å². The quantitative estimate of drug-likeness (QED) is 0.669. The molecule has 0 aromatic carbocycles. The van der Waals surface area contributed by atoms with Gasteiger partial charge in [0.15, 0.2) is 0 Å². The summed E-state index contributed by atoms with van der Waals surface area (Å²) in [6.07, 6.45) is -0.423. The third kappa shape index (κ3) is 5.05. The van der Waals surface area contributed by atoms with Crippen molar-refractivity contribution in [3.63, 3.8) is 0 Å². The minimum absolute atomic E-state index is 0.108. The molecule has 0 N–H and O–H groups in total. The van der Waals surface area contributed by atoms with Crippen LogP contribution in [0, 0.1) is 17.8 Å². The Morgan fingerprint density at radius 3 is 1.90 bits per heavy atom. The normalized spacial score (nSPS) is 41.8. The van der Waals surface area contributed by atoms with Gasteiger partial charge in [0.1, 0.15) is 12.3 Å². The van der Waals surface area contributed by atoms with Crippen molar-refractivity contribution in [1.82, 2.24) is 9.80 Å². The maximum Gasteiger partial charge on any atom is 0.229 e. The molecule has 31 heavy (non-hydrogen) atoms. The van der Waals surface area contributed by atoms with Crippen LogP contribution >= 0.6 is 0 Å². The van der Waals surface area contributed by atoms with E-state index in [0.29, 0.717) is 32.4 Å². The molecule has 2 amide bonds. The second-order valence-electron chi connectivity index (χ2n) is 9.83. The zero-order chi connectivity index (χ0) is 22.9. The van der Waals surface area contributed by atoms with Gasteiger partial charge >= 0.3 is 0 Å². The van der Waals surface area contributed by atoms with Crippen molar-refractivity contribution >= 4 is 11.8 Å². The number of methoxy groups -OCH3 is 2. The molecule has 3 aliphatic rings. The highest BCUT2D eigenvalue weighted by molar-refractivity contribution is 5.82. The molecule has 1 aliphatic heterocycles. The number of carbonyl (C=O) groups excluding carboxylic acids is 2. The zero-order valence-corrected chi connectivity index (χ0v) is 19.4. The fraction of sp³-hybridized carbons (Fsp3) is 0.913. The van der Waals surface area contributed by atoms with Crippen molar-refractivity contribution in [2.24, 2.45) is 17.8 Å². The van der Waals surface area contributed by atoms with Crippen LogP contribution in [0.1, 0.15) is 52.9 Å². The average Bonchev–Trinajstić information content (AvgIpc) is 2.71. The molecule has 2 saturated carbocycles. The fourth-order valence-electron chi connectivity index (χ4n) is 5.92. The van der Waals surface area contributed by atoms with E-state index in [1.54, 1.807) is 24.0 Å². The van der Waals surface area contributed by atoms with Gasteiger partial charge in [-0.05, 0) is 39.0 Å². The van der Waals surface area contributed by atoms with Crippen molar-refractivity contribution in [2.45, 2.75) is 89.5 Å². The number of amides is 2. The number of rotatable bonds is 4. The van der Waals surface area contributed by atoms with E-state index >= 15 is 0 Å². The van der Waals surface area contributed by atoms with Gasteiger partial charge in [0.05, 0.1) is 24.0 Å². The summed E-state index contributed by atoms with van der Waals surface area (Å²) in [5.74, 6) is -1.79. The number of hydrogen-bond acceptors (Lipinski definition) is 4. The fourth-order valence-corrected chi connectivity index (χ4v) is 5.92. The average molecular weight is 445 g/mol. The van der Waals surface area contributed by atoms with Crippen molar-refractivity contribution < 1.29 is 27.8 Å². The van der Waals surface area contributed by atoms with Crippen molar-refractivity contribution in [3.05, 3.63) is 0 Å². The minimum atomic E-state index is -1.23. The highest BCUT2D eigenvalue weighted by Crippen LogP contribution is 2.37. The molecule has 9 atom stereocenters. The molecular formula is C23H38F2N2O4. The Kier molecular flexibility index (Phi) is 7.95. The van der Waals surface area contributed by atoms with Gasteiger partial charge in [0, 0.05) is 52.2 Å². The molecule has 0 aromatic heterocycles. The summed E-state index contributed by atoms with van der Waals surface area (Å²) in [7, 11) is 3.15. The molecule has 6 nitrogen and oxygen atoms in total. The lowest BCUT2D eigenvalue weighted by Crippen LogP contribution is -2.63. The lowest BCUT2D eigenvalue weighted by atomic mass is 9.76. The minimum Gasteiger partial charge on any atom is -0.381 e. The van der Waals surface area contributed by atoms with Gasteiger partial charge in [-0.3, -0.25) is 9.59 Å². The number of ether oxygens (including phenoxy) is 2. The molecule has 0 radical (unpaired) electrons. The van der Waals surface area contributed by atoms with Gasteiger partial charge in [-0.1, -0.05) is 6.92 Å². The molecule has 3 fully saturated rings. The Labute approximate surface area is 184 Å². The molecule has 2 aliphatic carbocycles. The van der Waals surface area contributed by atoms with Gasteiger partial charge in [0.2, 0.25) is 11.8 Å². The van der Waals surface area contributed by atoms with E-state index < -0.39 is 24.2 Å². The summed E-state index contributed by atoms with van der Waals surface area (Å²) in [6, 6.07) is -0.485. The number of carbonyl (C=O) groups is 2. The molecule has 0 spiro atoms. The first-order chi connectivity index (χ1) is 14.7. The molecule has 8 heteroatoms. The molecule has 0 aromatic rings. The third-order valence-electron chi connectivity index (χ3n) is 7.60. The number of hydrogen-bond donors (Lipinski definition) is 0. The van der Waals surface area contributed by atoms with E-state index in [9.17, 15) is 18.4 Å². The Bertz CT molecular complexity index is 627. The molecular weight excluding hydrogens is 406 g/mol. The van der Waals surface area contributed by atoms with Gasteiger partial charge < -0.3 is 19.3 Å². The Balaban J connectivity index is 1.64. The molecule has 3 rings (SSSR count). The summed E-state index contributed by atoms with van der Waals surface area (Å²) in [5.41, 5.74) is 0. The highest BCUT2D eigenvalue weighted by Gasteiger charge is 2.46. The lowest BCUT2D eigenvalue weighted by Gasteiger charge is -2.48. The van der Waals surface area contributed by atoms with E-state index in [4.69, 9.17) is 9.47 Å². The first kappa shape index (κ1) is 24.4. The Hall–Kier alpha value is -1.28. The summed E-state index contributed by atoms with van der Waals surface area (Å²) in [6.45, 7) is 6.39. The maximum absolute atomic E-state index is 14.9. The van der Waals surface area contributed by atoms with Gasteiger partial charge in [-0.2, -0.15) is 0 Å². The van der Waals surface area contributed by atoms with Crippen LogP contribution in [-0.2, 0) is 19.1 Å². The summed E-state index contributed by atoms with van der Waals surface area (Å²) in [4.78, 5) is 29.9. The molecule has 1 saturated heterocycles. The second kappa shape index (κ2) is 10.1. The monoisotopic (exact) mass is 444 g/mol. The maximum atomic E-state index is 14.9. The SMILES string of the molecule is COC1CCC(C(=O)N2C[C@@H](C)N(C(=O)C3C(C)CC(OC)CC3F)[C@H](C)C2)C(F)C1. The summed E-state index contributed by atoms with van der Waals surface area (Å²) in [5, 5.41) is 0. The van der Waals surface area contributed by atoms with E-state index in [-0.39, 0.29) is 54.9 Å². The van der Waals surface area contributed by atoms with Gasteiger partial charge in [-0.25, -0.2) is 8.78 Å². The van der Waals surface area contributed by atoms with Crippen LogP contribution in [0.3, 0.4) is 0 Å². The van der Waals surface area contributed by atoms with Crippen LogP contribution < -0.4 is 0 Å².